The molecule has 0 saturated heterocycles. The Balaban J connectivity index is 1.70. The summed E-state index contributed by atoms with van der Waals surface area (Å²) in [4.78, 5) is 18.8. The number of carbonyl (C=O) groups is 1. The molecule has 25 heavy (non-hydrogen) atoms. The molecule has 3 aromatic rings. The molecular weight excluding hydrogens is 316 g/mol. The van der Waals surface area contributed by atoms with Gasteiger partial charge in [-0.1, -0.05) is 19.1 Å². The summed E-state index contributed by atoms with van der Waals surface area (Å²) < 4.78 is 1.68. The molecule has 0 radical (unpaired) electrons. The van der Waals surface area contributed by atoms with Gasteiger partial charge >= 0.3 is 0 Å². The first-order valence-electron chi connectivity index (χ1n) is 8.37. The first-order valence-corrected chi connectivity index (χ1v) is 8.37. The fraction of sp³-hybridized carbons (Fsp3) is 0.333. The Labute approximate surface area is 146 Å². The third kappa shape index (κ3) is 3.83. The third-order valence-corrected chi connectivity index (χ3v) is 4.18. The van der Waals surface area contributed by atoms with Crippen molar-refractivity contribution in [2.75, 3.05) is 11.9 Å². The van der Waals surface area contributed by atoms with Crippen molar-refractivity contribution in [3.63, 3.8) is 0 Å². The lowest BCUT2D eigenvalue weighted by Gasteiger charge is -2.24. The molecule has 0 aliphatic heterocycles. The van der Waals surface area contributed by atoms with Crippen LogP contribution in [0.25, 0.3) is 5.65 Å². The lowest BCUT2D eigenvalue weighted by atomic mass is 10.1. The number of aromatic nitrogens is 4. The first-order chi connectivity index (χ1) is 12.1. The van der Waals surface area contributed by atoms with Gasteiger partial charge in [0, 0.05) is 30.5 Å². The van der Waals surface area contributed by atoms with Gasteiger partial charge in [-0.05, 0) is 38.1 Å². The summed E-state index contributed by atoms with van der Waals surface area (Å²) in [5, 5.41) is 10.7. The molecule has 1 N–H and O–H groups in total. The van der Waals surface area contributed by atoms with E-state index in [1.54, 1.807) is 23.0 Å². The van der Waals surface area contributed by atoms with Gasteiger partial charge in [0.2, 0.25) is 5.95 Å². The van der Waals surface area contributed by atoms with E-state index in [0.29, 0.717) is 23.2 Å². The molecule has 1 amide bonds. The van der Waals surface area contributed by atoms with Crippen LogP contribution in [0.2, 0.25) is 0 Å². The van der Waals surface area contributed by atoms with Crippen LogP contribution < -0.4 is 5.32 Å². The fourth-order valence-electron chi connectivity index (χ4n) is 2.67. The number of hydrogen-bond donors (Lipinski definition) is 1. The van der Waals surface area contributed by atoms with E-state index in [1.807, 2.05) is 24.3 Å². The predicted molar refractivity (Wildman–Crippen MR) is 96.4 cm³/mol. The summed E-state index contributed by atoms with van der Waals surface area (Å²) in [5.74, 6) is 0.164. The molecule has 0 bridgehead atoms. The number of anilines is 1. The van der Waals surface area contributed by atoms with Crippen LogP contribution in [0.4, 0.5) is 5.95 Å². The van der Waals surface area contributed by atoms with E-state index >= 15 is 0 Å². The molecular formula is C18H22N6O. The number of fused-ring (bicyclic) bond motifs is 1. The molecule has 0 saturated carbocycles. The normalized spacial score (nSPS) is 11.4. The molecule has 0 aliphatic rings. The highest BCUT2D eigenvalue weighted by Gasteiger charge is 2.12. The summed E-state index contributed by atoms with van der Waals surface area (Å²) >= 11 is 0. The maximum absolute atomic E-state index is 12.4. The topological polar surface area (TPSA) is 75.4 Å². The number of carbonyl (C=O) groups excluding carboxylic acids is 1. The molecule has 0 atom stereocenters. The molecule has 1 aromatic carbocycles. The maximum atomic E-state index is 12.4. The van der Waals surface area contributed by atoms with Crippen molar-refractivity contribution in [3.05, 3.63) is 54.0 Å². The monoisotopic (exact) mass is 338 g/mol. The second-order valence-corrected chi connectivity index (χ2v) is 6.14. The van der Waals surface area contributed by atoms with Crippen molar-refractivity contribution in [1.82, 2.24) is 24.5 Å². The molecule has 7 heteroatoms. The Morgan fingerprint density at radius 2 is 2.00 bits per heavy atom. The van der Waals surface area contributed by atoms with Gasteiger partial charge in [-0.25, -0.2) is 0 Å². The zero-order valence-electron chi connectivity index (χ0n) is 14.7. The number of amides is 1. The summed E-state index contributed by atoms with van der Waals surface area (Å²) in [6, 6.07) is 8.15. The highest BCUT2D eigenvalue weighted by Crippen LogP contribution is 2.12. The van der Waals surface area contributed by atoms with Gasteiger partial charge in [-0.3, -0.25) is 24.4 Å². The van der Waals surface area contributed by atoms with Crippen LogP contribution in [0.3, 0.4) is 0 Å². The van der Waals surface area contributed by atoms with Crippen molar-refractivity contribution in [1.29, 1.82) is 0 Å². The fourth-order valence-corrected chi connectivity index (χ4v) is 2.67. The SMILES string of the molecule is CCN(Cc1ccc(C(=O)Nc2nnc3cnccn23)cc1)C(C)C. The van der Waals surface area contributed by atoms with Gasteiger partial charge in [0.25, 0.3) is 5.91 Å². The number of benzene rings is 1. The van der Waals surface area contributed by atoms with E-state index in [-0.39, 0.29) is 5.91 Å². The summed E-state index contributed by atoms with van der Waals surface area (Å²) in [5.41, 5.74) is 2.36. The van der Waals surface area contributed by atoms with Gasteiger partial charge in [0.1, 0.15) is 0 Å². The minimum absolute atomic E-state index is 0.214. The Bertz CT molecular complexity index is 855. The van der Waals surface area contributed by atoms with Crippen molar-refractivity contribution in [3.8, 4) is 0 Å². The second kappa shape index (κ2) is 7.40. The van der Waals surface area contributed by atoms with Gasteiger partial charge in [0.15, 0.2) is 5.65 Å². The predicted octanol–water partition coefficient (Wildman–Crippen LogP) is 2.61. The number of hydrogen-bond acceptors (Lipinski definition) is 5. The van der Waals surface area contributed by atoms with Crippen LogP contribution in [-0.4, -0.2) is 43.0 Å². The Hall–Kier alpha value is -2.80. The van der Waals surface area contributed by atoms with E-state index in [4.69, 9.17) is 0 Å². The Morgan fingerprint density at radius 1 is 1.24 bits per heavy atom. The van der Waals surface area contributed by atoms with E-state index in [0.717, 1.165) is 13.1 Å². The van der Waals surface area contributed by atoms with Crippen LogP contribution >= 0.6 is 0 Å². The Kier molecular flexibility index (Phi) is 5.04. The van der Waals surface area contributed by atoms with Crippen molar-refractivity contribution >= 4 is 17.5 Å². The molecule has 2 aromatic heterocycles. The summed E-state index contributed by atoms with van der Waals surface area (Å²) in [6.45, 7) is 8.39. The molecule has 0 spiro atoms. The molecule has 0 fully saturated rings. The third-order valence-electron chi connectivity index (χ3n) is 4.18. The highest BCUT2D eigenvalue weighted by atomic mass is 16.1. The molecule has 0 unspecified atom stereocenters. The quantitative estimate of drug-likeness (QED) is 0.748. The molecule has 2 heterocycles. The maximum Gasteiger partial charge on any atom is 0.258 e. The first kappa shape index (κ1) is 17.0. The Morgan fingerprint density at radius 3 is 2.68 bits per heavy atom. The van der Waals surface area contributed by atoms with Crippen LogP contribution in [0.15, 0.2) is 42.9 Å². The van der Waals surface area contributed by atoms with E-state index < -0.39 is 0 Å². The zero-order chi connectivity index (χ0) is 17.8. The average Bonchev–Trinajstić information content (AvgIpc) is 3.03. The van der Waals surface area contributed by atoms with Crippen LogP contribution in [0.5, 0.6) is 0 Å². The minimum Gasteiger partial charge on any atom is -0.297 e. The molecule has 3 rings (SSSR count). The molecule has 0 aliphatic carbocycles. The van der Waals surface area contributed by atoms with E-state index in [1.165, 1.54) is 5.56 Å². The van der Waals surface area contributed by atoms with E-state index in [9.17, 15) is 4.79 Å². The minimum atomic E-state index is -0.214. The number of nitrogens with zero attached hydrogens (tertiary/aromatic N) is 5. The number of rotatable bonds is 6. The summed E-state index contributed by atoms with van der Waals surface area (Å²) in [7, 11) is 0. The molecule has 130 valence electrons. The average molecular weight is 338 g/mol. The van der Waals surface area contributed by atoms with Gasteiger partial charge in [0.05, 0.1) is 6.20 Å². The second-order valence-electron chi connectivity index (χ2n) is 6.14. The number of nitrogens with one attached hydrogen (secondary N) is 1. The largest absolute Gasteiger partial charge is 0.297 e. The van der Waals surface area contributed by atoms with Gasteiger partial charge in [-0.15, -0.1) is 10.2 Å². The smallest absolute Gasteiger partial charge is 0.258 e. The lowest BCUT2D eigenvalue weighted by Crippen LogP contribution is -2.29. The zero-order valence-corrected chi connectivity index (χ0v) is 14.7. The van der Waals surface area contributed by atoms with Crippen molar-refractivity contribution < 1.29 is 4.79 Å². The highest BCUT2D eigenvalue weighted by molar-refractivity contribution is 6.03. The van der Waals surface area contributed by atoms with Crippen LogP contribution in [-0.2, 0) is 6.54 Å². The van der Waals surface area contributed by atoms with Crippen LogP contribution in [0, 0.1) is 0 Å². The standard InChI is InChI=1S/C18H22N6O/c1-4-23(13(2)3)12-14-5-7-15(8-6-14)17(25)20-18-22-21-16-11-19-9-10-24(16)18/h5-11,13H,4,12H2,1-3H3,(H,20,22,25). The van der Waals surface area contributed by atoms with Crippen LogP contribution in [0.1, 0.15) is 36.7 Å². The van der Waals surface area contributed by atoms with E-state index in [2.05, 4.69) is 46.2 Å². The molecule has 7 nitrogen and oxygen atoms in total. The lowest BCUT2D eigenvalue weighted by molar-refractivity contribution is 0.102. The summed E-state index contributed by atoms with van der Waals surface area (Å²) in [6.07, 6.45) is 4.92. The van der Waals surface area contributed by atoms with Crippen molar-refractivity contribution in [2.24, 2.45) is 0 Å². The van der Waals surface area contributed by atoms with Gasteiger partial charge < -0.3 is 0 Å². The van der Waals surface area contributed by atoms with Crippen molar-refractivity contribution in [2.45, 2.75) is 33.4 Å². The van der Waals surface area contributed by atoms with Gasteiger partial charge in [-0.2, -0.15) is 0 Å².